The second kappa shape index (κ2) is 28.3. The van der Waals surface area contributed by atoms with Crippen molar-refractivity contribution in [3.05, 3.63) is 430 Å². The average Bonchev–Trinajstić information content (AvgIpc) is 1.67. The molecule has 0 bridgehead atoms. The first-order valence-corrected chi connectivity index (χ1v) is 42.2. The van der Waals surface area contributed by atoms with E-state index in [0.717, 1.165) is 110 Å². The number of anilines is 6. The van der Waals surface area contributed by atoms with Crippen LogP contribution in [0.3, 0.4) is 0 Å². The van der Waals surface area contributed by atoms with E-state index in [9.17, 15) is 19.2 Å². The van der Waals surface area contributed by atoms with Crippen molar-refractivity contribution >= 4 is 145 Å². The molecule has 0 saturated heterocycles. The quantitative estimate of drug-likeness (QED) is 0.114. The smallest absolute Gasteiger partial charge is 0.252 e. The molecule has 7 heteroatoms. The van der Waals surface area contributed by atoms with E-state index in [0.29, 0.717) is 79.0 Å². The number of fused-ring (bicyclic) bond motifs is 16. The van der Waals surface area contributed by atoms with Crippen LogP contribution in [0.2, 0.25) is 0 Å². The summed E-state index contributed by atoms with van der Waals surface area (Å²) in [5.74, 6) is 0. The topological polar surface area (TPSA) is 42.6 Å². The van der Waals surface area contributed by atoms with Crippen LogP contribution >= 0.6 is 0 Å². The summed E-state index contributed by atoms with van der Waals surface area (Å²) >= 11 is 0. The van der Waals surface area contributed by atoms with Crippen LogP contribution in [-0.2, 0) is 5.41 Å². The molecule has 23 aromatic rings. The fourth-order valence-corrected chi connectivity index (χ4v) is 19.5. The second-order valence-corrected chi connectivity index (χ2v) is 33.4. The van der Waals surface area contributed by atoms with E-state index in [1.165, 1.54) is 0 Å². The Labute approximate surface area is 744 Å². The lowest BCUT2D eigenvalue weighted by atomic mass is 9.33. The molecule has 25 rings (SSSR count). The van der Waals surface area contributed by atoms with Gasteiger partial charge in [0.25, 0.3) is 6.71 Å². The van der Waals surface area contributed by atoms with Gasteiger partial charge in [0, 0.05) is 88.7 Å². The minimum atomic E-state index is -0.840. The SMILES string of the molecule is [2H]c1c([2H])c([2H])c2c(c1[2H])c1c([2H])c(-c3ccccc3)c([2H])c([2H])c1n2-c1ccc2c(c1)N(c1c(-c3ccc(-c4ccccc4)cc3)cc(-c3ccccc3)c3oc4ccccc4c13)c1cc(C(C)(C)C)cc3c1B2c1ccc(-n2c4c([2H])c([2H])c([2H])c([2H])c4c4c([2H])c(-c5ccccc5)c([2H])c([2H])c42)cc1N3c1c(-c2ccc(-c3ccccc3)cc2)cc(-c2ccccc2)c2oc3ccccc3c12. The number of hydrogen-bond acceptors (Lipinski definition) is 4. The predicted molar refractivity (Wildman–Crippen MR) is 526 cm³/mol. The van der Waals surface area contributed by atoms with Crippen molar-refractivity contribution in [1.82, 2.24) is 9.13 Å². The number of para-hydroxylation sites is 4. The van der Waals surface area contributed by atoms with Crippen LogP contribution in [0.25, 0.3) is 188 Å². The fourth-order valence-electron chi connectivity index (χ4n) is 19.5. The Kier molecular flexibility index (Phi) is 13.3. The molecule has 2 aliphatic heterocycles. The van der Waals surface area contributed by atoms with Gasteiger partial charge in [-0.15, -0.1) is 0 Å². The molecule has 4 aromatic heterocycles. The van der Waals surface area contributed by atoms with Gasteiger partial charge in [-0.1, -0.05) is 348 Å². The molecule has 0 spiro atoms. The van der Waals surface area contributed by atoms with Crippen LogP contribution in [0, 0.1) is 0 Å². The minimum Gasteiger partial charge on any atom is -0.455 e. The van der Waals surface area contributed by atoms with Gasteiger partial charge in [0.15, 0.2) is 0 Å². The Morgan fingerprint density at radius 2 is 0.600 bits per heavy atom. The standard InChI is InChI=1S/C118H79BN4O2/c1-118(2,3)86-68-107-113-108(69-86)123(115-94(83-56-52-79(53-57-83)75-32-12-5-13-33-75)73-96(81-40-20-9-21-41-81)117-112(115)92-45-25-29-49-110(92)125-117)106-71-88(121-102-47-27-23-43-90(102)98-67-85(59-65-104(98)121)77-36-16-7-17-37-77)61-63-100(106)119(113)99-62-60-87(120-101-46-26-22-42-89(101)97-66-84(58-64-103(97)120)76-34-14-6-15-35-76)70-105(99)122(107)114-93(82-54-50-78(51-55-82)74-30-10-4-11-31-74)72-95(80-38-18-8-19-39-80)116-111(114)91-44-24-28-48-109(91)124-116/h4-73H,1-3H3/i22D,23D,26D,27D,42D,43D,46D,47D,58D,59D,64D,65D,66D,67D. The number of nitrogens with zero attached hydrogens (tertiary/aromatic N) is 4. The molecule has 0 saturated carbocycles. The molecule has 0 aliphatic carbocycles. The third-order valence-electron chi connectivity index (χ3n) is 25.3. The summed E-state index contributed by atoms with van der Waals surface area (Å²) in [5, 5.41) is 3.22. The van der Waals surface area contributed by atoms with Gasteiger partial charge in [0.05, 0.1) is 63.4 Å². The summed E-state index contributed by atoms with van der Waals surface area (Å²) in [4.78, 5) is 4.72. The molecular formula is C118H79BN4O2. The summed E-state index contributed by atoms with van der Waals surface area (Å²) in [6.07, 6.45) is 0. The Hall–Kier alpha value is -16.0. The van der Waals surface area contributed by atoms with Crippen LogP contribution in [0.15, 0.2) is 433 Å². The summed E-state index contributed by atoms with van der Waals surface area (Å²) in [7, 11) is 0. The Morgan fingerprint density at radius 1 is 0.272 bits per heavy atom. The zero-order valence-corrected chi connectivity index (χ0v) is 68.0. The highest BCUT2D eigenvalue weighted by molar-refractivity contribution is 7.00. The Bertz CT molecular complexity index is 8690. The van der Waals surface area contributed by atoms with E-state index in [1.807, 2.05) is 146 Å². The van der Waals surface area contributed by atoms with E-state index in [2.05, 4.69) is 176 Å². The molecule has 125 heavy (non-hydrogen) atoms. The van der Waals surface area contributed by atoms with Crippen molar-refractivity contribution in [3.63, 3.8) is 0 Å². The first-order valence-electron chi connectivity index (χ1n) is 49.2. The molecule has 6 heterocycles. The highest BCUT2D eigenvalue weighted by Gasteiger charge is 2.47. The number of furan rings is 2. The minimum absolute atomic E-state index is 0.00573. The van der Waals surface area contributed by atoms with E-state index in [-0.39, 0.29) is 91.0 Å². The predicted octanol–water partition coefficient (Wildman–Crippen LogP) is 30.4. The van der Waals surface area contributed by atoms with Crippen molar-refractivity contribution in [1.29, 1.82) is 0 Å². The van der Waals surface area contributed by atoms with Gasteiger partial charge in [-0.05, 0) is 191 Å². The first-order chi connectivity index (χ1) is 67.5. The van der Waals surface area contributed by atoms with Gasteiger partial charge in [0.1, 0.15) is 22.3 Å². The van der Waals surface area contributed by atoms with Gasteiger partial charge >= 0.3 is 0 Å². The lowest BCUT2D eigenvalue weighted by Crippen LogP contribution is -2.61. The largest absolute Gasteiger partial charge is 0.455 e. The number of hydrogen-bond donors (Lipinski definition) is 0. The second-order valence-electron chi connectivity index (χ2n) is 33.4. The van der Waals surface area contributed by atoms with E-state index < -0.39 is 60.5 Å². The third kappa shape index (κ3) is 11.4. The summed E-state index contributed by atoms with van der Waals surface area (Å²) in [6, 6.07) is 108. The maximum atomic E-state index is 10.5. The maximum absolute atomic E-state index is 10.5. The third-order valence-corrected chi connectivity index (χ3v) is 25.3. The Balaban J connectivity index is 0.883. The normalized spacial score (nSPS) is 14.1. The van der Waals surface area contributed by atoms with Crippen LogP contribution in [-0.4, -0.2) is 15.8 Å². The van der Waals surface area contributed by atoms with Crippen molar-refractivity contribution in [3.8, 4) is 100 Å². The van der Waals surface area contributed by atoms with Gasteiger partial charge in [-0.2, -0.15) is 0 Å². The van der Waals surface area contributed by atoms with Gasteiger partial charge in [0.2, 0.25) is 0 Å². The maximum Gasteiger partial charge on any atom is 0.252 e. The zero-order valence-electron chi connectivity index (χ0n) is 82.0. The monoisotopic (exact) mass is 1610 g/mol. The summed E-state index contributed by atoms with van der Waals surface area (Å²) in [6.45, 7) is 5.75. The summed E-state index contributed by atoms with van der Waals surface area (Å²) in [5.41, 5.74) is 21.3. The molecule has 0 unspecified atom stereocenters. The molecule has 6 nitrogen and oxygen atoms in total. The van der Waals surface area contributed by atoms with Crippen molar-refractivity contribution in [2.75, 3.05) is 9.80 Å². The van der Waals surface area contributed by atoms with Crippen LogP contribution in [0.5, 0.6) is 0 Å². The van der Waals surface area contributed by atoms with Crippen LogP contribution < -0.4 is 26.2 Å². The zero-order chi connectivity index (χ0) is 94.9. The molecule has 0 atom stereocenters. The molecule has 0 fully saturated rings. The van der Waals surface area contributed by atoms with Gasteiger partial charge < -0.3 is 27.8 Å². The number of rotatable bonds is 12. The first kappa shape index (κ1) is 58.9. The number of benzene rings is 19. The Morgan fingerprint density at radius 3 is 0.992 bits per heavy atom. The van der Waals surface area contributed by atoms with Crippen LogP contribution in [0.4, 0.5) is 34.1 Å². The molecule has 0 N–H and O–H groups in total. The number of aromatic nitrogens is 2. The van der Waals surface area contributed by atoms with Gasteiger partial charge in [-0.25, -0.2) is 0 Å². The molecule has 586 valence electrons. The molecule has 2 aliphatic rings. The molecule has 0 amide bonds. The van der Waals surface area contributed by atoms with Gasteiger partial charge in [-0.3, -0.25) is 0 Å². The van der Waals surface area contributed by atoms with E-state index in [1.54, 1.807) is 57.7 Å². The van der Waals surface area contributed by atoms with Crippen LogP contribution in [0.1, 0.15) is 45.5 Å². The summed E-state index contributed by atoms with van der Waals surface area (Å²) < 4.78 is 159. The lowest BCUT2D eigenvalue weighted by Gasteiger charge is -2.46. The highest BCUT2D eigenvalue weighted by atomic mass is 16.3. The van der Waals surface area contributed by atoms with E-state index >= 15 is 0 Å². The molecule has 19 aromatic carbocycles. The van der Waals surface area contributed by atoms with Crippen molar-refractivity contribution in [2.24, 2.45) is 0 Å². The van der Waals surface area contributed by atoms with Crippen molar-refractivity contribution in [2.45, 2.75) is 26.2 Å². The van der Waals surface area contributed by atoms with Crippen molar-refractivity contribution < 1.29 is 28.0 Å². The van der Waals surface area contributed by atoms with E-state index in [4.69, 9.17) is 8.83 Å². The average molecular weight is 1610 g/mol. The molecule has 0 radical (unpaired) electrons. The fraction of sp³-hybridized carbons (Fsp3) is 0.0339. The highest BCUT2D eigenvalue weighted by Crippen LogP contribution is 2.58. The molecular weight excluding hydrogens is 1520 g/mol. The lowest BCUT2D eigenvalue weighted by molar-refractivity contribution is 0.590.